The molecule has 6 nitrogen and oxygen atoms in total. The number of rotatable bonds is 3. The number of hydrogen-bond acceptors (Lipinski definition) is 4. The quantitative estimate of drug-likeness (QED) is 0.598. The van der Waals surface area contributed by atoms with Gasteiger partial charge in [0.05, 0.1) is 16.5 Å². The van der Waals surface area contributed by atoms with Gasteiger partial charge in [-0.15, -0.1) is 0 Å². The van der Waals surface area contributed by atoms with Crippen LogP contribution < -0.4 is 10.9 Å². The fourth-order valence-electron chi connectivity index (χ4n) is 2.63. The molecule has 4 rings (SSSR count). The Hall–Kier alpha value is -3.80. The summed E-state index contributed by atoms with van der Waals surface area (Å²) in [6, 6.07) is 17.7. The van der Waals surface area contributed by atoms with Crippen LogP contribution in [0.4, 0.5) is 5.69 Å². The molecule has 0 radical (unpaired) electrons. The molecule has 0 spiro atoms. The number of aromatic nitrogens is 3. The molecule has 2 heterocycles. The molecule has 2 N–H and O–H groups in total. The second-order valence-corrected chi connectivity index (χ2v) is 5.70. The van der Waals surface area contributed by atoms with E-state index in [-0.39, 0.29) is 11.5 Å². The molecule has 0 saturated heterocycles. The molecule has 0 unspecified atom stereocenters. The van der Waals surface area contributed by atoms with Crippen LogP contribution in [0.25, 0.3) is 22.3 Å². The summed E-state index contributed by atoms with van der Waals surface area (Å²) in [6.07, 6.45) is 3.12. The normalized spacial score (nSPS) is 10.6. The van der Waals surface area contributed by atoms with Gasteiger partial charge in [-0.3, -0.25) is 14.6 Å². The zero-order valence-electron chi connectivity index (χ0n) is 13.6. The van der Waals surface area contributed by atoms with Gasteiger partial charge in [0.1, 0.15) is 5.82 Å². The van der Waals surface area contributed by atoms with Crippen LogP contribution in [-0.2, 0) is 0 Å². The van der Waals surface area contributed by atoms with Crippen LogP contribution in [0, 0.1) is 0 Å². The first-order valence-corrected chi connectivity index (χ1v) is 8.01. The number of carbonyl (C=O) groups excluding carboxylic acids is 1. The molecule has 2 aromatic heterocycles. The molecule has 0 atom stereocenters. The largest absolute Gasteiger partial charge is 0.322 e. The molecule has 0 fully saturated rings. The zero-order chi connectivity index (χ0) is 17.9. The minimum atomic E-state index is -0.233. The molecule has 0 bridgehead atoms. The molecule has 1 amide bonds. The van der Waals surface area contributed by atoms with Gasteiger partial charge in [-0.1, -0.05) is 12.1 Å². The number of carbonyl (C=O) groups is 1. The van der Waals surface area contributed by atoms with E-state index < -0.39 is 0 Å². The second-order valence-electron chi connectivity index (χ2n) is 5.70. The predicted molar refractivity (Wildman–Crippen MR) is 100.0 cm³/mol. The Morgan fingerprint density at radius 1 is 0.962 bits per heavy atom. The summed E-state index contributed by atoms with van der Waals surface area (Å²) in [5, 5.41) is 3.36. The van der Waals surface area contributed by atoms with Crippen molar-refractivity contribution in [2.45, 2.75) is 0 Å². The summed E-state index contributed by atoms with van der Waals surface area (Å²) < 4.78 is 0. The third-order valence-electron chi connectivity index (χ3n) is 3.95. The minimum Gasteiger partial charge on any atom is -0.322 e. The maximum atomic E-state index is 12.2. The summed E-state index contributed by atoms with van der Waals surface area (Å²) in [5.41, 5.74) is 2.34. The van der Waals surface area contributed by atoms with Gasteiger partial charge in [-0.2, -0.15) is 0 Å². The van der Waals surface area contributed by atoms with Gasteiger partial charge in [-0.25, -0.2) is 4.98 Å². The summed E-state index contributed by atoms with van der Waals surface area (Å²) in [6.45, 7) is 0. The molecule has 0 aliphatic carbocycles. The third kappa shape index (κ3) is 3.08. The second kappa shape index (κ2) is 6.60. The standard InChI is InChI=1S/C20H14N4O2/c25-19(14-4-3-11-21-12-14)22-15-9-7-13(8-10-15)18-23-17-6-2-1-5-16(17)20(26)24-18/h1-12H,(H,22,25)(H,23,24,26). The number of H-pyrrole nitrogens is 1. The van der Waals surface area contributed by atoms with Crippen LogP contribution in [0.15, 0.2) is 77.9 Å². The number of fused-ring (bicyclic) bond motifs is 1. The van der Waals surface area contributed by atoms with E-state index in [1.54, 1.807) is 60.8 Å². The topological polar surface area (TPSA) is 87.7 Å². The number of para-hydroxylation sites is 1. The van der Waals surface area contributed by atoms with E-state index in [0.717, 1.165) is 5.56 Å². The van der Waals surface area contributed by atoms with Gasteiger partial charge in [0.25, 0.3) is 11.5 Å². The fourth-order valence-corrected chi connectivity index (χ4v) is 2.63. The lowest BCUT2D eigenvalue weighted by atomic mass is 10.1. The predicted octanol–water partition coefficient (Wildman–Crippen LogP) is 3.24. The molecule has 4 aromatic rings. The van der Waals surface area contributed by atoms with Crippen molar-refractivity contribution in [3.63, 3.8) is 0 Å². The average molecular weight is 342 g/mol. The zero-order valence-corrected chi connectivity index (χ0v) is 13.6. The molecular formula is C20H14N4O2. The number of hydrogen-bond donors (Lipinski definition) is 2. The number of benzene rings is 2. The van der Waals surface area contributed by atoms with Crippen molar-refractivity contribution in [3.05, 3.63) is 89.0 Å². The van der Waals surface area contributed by atoms with E-state index in [9.17, 15) is 9.59 Å². The van der Waals surface area contributed by atoms with Crippen LogP contribution in [0.5, 0.6) is 0 Å². The van der Waals surface area contributed by atoms with Gasteiger partial charge in [0, 0.05) is 23.6 Å². The van der Waals surface area contributed by atoms with Gasteiger partial charge in [0.2, 0.25) is 0 Å². The monoisotopic (exact) mass is 342 g/mol. The molecule has 6 heteroatoms. The smallest absolute Gasteiger partial charge is 0.259 e. The third-order valence-corrected chi connectivity index (χ3v) is 3.95. The highest BCUT2D eigenvalue weighted by atomic mass is 16.1. The van der Waals surface area contributed by atoms with Crippen LogP contribution in [0.3, 0.4) is 0 Å². The first-order chi connectivity index (χ1) is 12.7. The van der Waals surface area contributed by atoms with Crippen molar-refractivity contribution in [3.8, 4) is 11.4 Å². The first kappa shape index (κ1) is 15.7. The Balaban J connectivity index is 1.60. The van der Waals surface area contributed by atoms with Gasteiger partial charge < -0.3 is 10.3 Å². The summed E-state index contributed by atoms with van der Waals surface area (Å²) in [5.74, 6) is 0.252. The molecule has 126 valence electrons. The number of pyridine rings is 1. The molecule has 0 aliphatic heterocycles. The molecule has 0 aliphatic rings. The fraction of sp³-hybridized carbons (Fsp3) is 0. The van der Waals surface area contributed by atoms with Crippen LogP contribution in [-0.4, -0.2) is 20.9 Å². The maximum absolute atomic E-state index is 12.2. The van der Waals surface area contributed by atoms with Crippen molar-refractivity contribution in [1.82, 2.24) is 15.0 Å². The SMILES string of the molecule is O=C(Nc1ccc(-c2nc3ccccc3c(=O)[nH]2)cc1)c1cccnc1. The van der Waals surface area contributed by atoms with E-state index >= 15 is 0 Å². The number of nitrogens with zero attached hydrogens (tertiary/aromatic N) is 2. The highest BCUT2D eigenvalue weighted by Gasteiger charge is 2.08. The maximum Gasteiger partial charge on any atom is 0.259 e. The van der Waals surface area contributed by atoms with E-state index in [1.807, 2.05) is 6.07 Å². The summed E-state index contributed by atoms with van der Waals surface area (Å²) in [4.78, 5) is 35.5. The van der Waals surface area contributed by atoms with Crippen molar-refractivity contribution in [1.29, 1.82) is 0 Å². The Morgan fingerprint density at radius 2 is 1.77 bits per heavy atom. The lowest BCUT2D eigenvalue weighted by Crippen LogP contribution is -2.12. The Kier molecular flexibility index (Phi) is 3.99. The number of anilines is 1. The molecule has 2 aromatic carbocycles. The van der Waals surface area contributed by atoms with Crippen molar-refractivity contribution in [2.24, 2.45) is 0 Å². The Labute approximate surface area is 148 Å². The van der Waals surface area contributed by atoms with Crippen molar-refractivity contribution in [2.75, 3.05) is 5.32 Å². The number of aromatic amines is 1. The summed E-state index contributed by atoms with van der Waals surface area (Å²) in [7, 11) is 0. The van der Waals surface area contributed by atoms with Crippen LogP contribution >= 0.6 is 0 Å². The lowest BCUT2D eigenvalue weighted by molar-refractivity contribution is 0.102. The molecular weight excluding hydrogens is 328 g/mol. The summed E-state index contributed by atoms with van der Waals surface area (Å²) >= 11 is 0. The number of amides is 1. The van der Waals surface area contributed by atoms with E-state index in [2.05, 4.69) is 20.3 Å². The molecule has 0 saturated carbocycles. The molecule has 26 heavy (non-hydrogen) atoms. The van der Waals surface area contributed by atoms with Crippen molar-refractivity contribution >= 4 is 22.5 Å². The number of nitrogens with one attached hydrogen (secondary N) is 2. The van der Waals surface area contributed by atoms with Crippen LogP contribution in [0.2, 0.25) is 0 Å². The highest BCUT2D eigenvalue weighted by Crippen LogP contribution is 2.19. The highest BCUT2D eigenvalue weighted by molar-refractivity contribution is 6.04. The first-order valence-electron chi connectivity index (χ1n) is 8.01. The van der Waals surface area contributed by atoms with E-state index in [1.165, 1.54) is 6.20 Å². The van der Waals surface area contributed by atoms with Crippen LogP contribution in [0.1, 0.15) is 10.4 Å². The Bertz CT molecular complexity index is 1140. The van der Waals surface area contributed by atoms with Gasteiger partial charge in [0.15, 0.2) is 0 Å². The minimum absolute atomic E-state index is 0.181. The Morgan fingerprint density at radius 3 is 2.54 bits per heavy atom. The van der Waals surface area contributed by atoms with E-state index in [0.29, 0.717) is 28.0 Å². The van der Waals surface area contributed by atoms with Crippen molar-refractivity contribution < 1.29 is 4.79 Å². The van der Waals surface area contributed by atoms with E-state index in [4.69, 9.17) is 0 Å². The van der Waals surface area contributed by atoms with Gasteiger partial charge in [-0.05, 0) is 48.5 Å². The average Bonchev–Trinajstić information content (AvgIpc) is 2.69. The van der Waals surface area contributed by atoms with Gasteiger partial charge >= 0.3 is 0 Å². The lowest BCUT2D eigenvalue weighted by Gasteiger charge is -2.07.